The fourth-order valence-electron chi connectivity index (χ4n) is 1.75. The first-order chi connectivity index (χ1) is 8.47. The Labute approximate surface area is 103 Å². The number of aromatic hydroxyl groups is 2. The third-order valence-electron chi connectivity index (χ3n) is 2.58. The molecule has 2 aromatic heterocycles. The molecule has 0 aliphatic heterocycles. The largest absolute Gasteiger partial charge is 0.492 e. The van der Waals surface area contributed by atoms with E-state index in [4.69, 9.17) is 4.84 Å². The predicted molar refractivity (Wildman–Crippen MR) is 63.3 cm³/mol. The number of carbonyl (C=O) groups is 1. The van der Waals surface area contributed by atoms with E-state index in [1.807, 2.05) is 19.9 Å². The summed E-state index contributed by atoms with van der Waals surface area (Å²) in [7, 11) is 0. The van der Waals surface area contributed by atoms with Crippen LogP contribution in [-0.2, 0) is 11.2 Å². The minimum Gasteiger partial charge on any atom is -0.492 e. The average Bonchev–Trinajstić information content (AvgIpc) is 2.75. The highest BCUT2D eigenvalue weighted by Crippen LogP contribution is 2.19. The molecule has 18 heavy (non-hydrogen) atoms. The van der Waals surface area contributed by atoms with Crippen molar-refractivity contribution >= 4 is 5.97 Å². The Morgan fingerprint density at radius 3 is 2.44 bits per heavy atom. The molecule has 0 bridgehead atoms. The zero-order valence-corrected chi connectivity index (χ0v) is 10.1. The Balaban J connectivity index is 2.08. The van der Waals surface area contributed by atoms with Gasteiger partial charge in [-0.2, -0.15) is 0 Å². The van der Waals surface area contributed by atoms with Crippen molar-refractivity contribution in [3.8, 4) is 11.8 Å². The Kier molecular flexibility index (Phi) is 3.01. The Morgan fingerprint density at radius 2 is 1.94 bits per heavy atom. The Hall–Kier alpha value is -2.37. The van der Waals surface area contributed by atoms with Gasteiger partial charge in [-0.05, 0) is 25.5 Å². The molecule has 6 heteroatoms. The van der Waals surface area contributed by atoms with Crippen LogP contribution in [0.5, 0.6) is 11.8 Å². The van der Waals surface area contributed by atoms with Gasteiger partial charge in [0.25, 0.3) is 0 Å². The van der Waals surface area contributed by atoms with Crippen LogP contribution < -0.4 is 4.84 Å². The molecule has 0 aliphatic carbocycles. The third kappa shape index (κ3) is 2.32. The van der Waals surface area contributed by atoms with E-state index in [2.05, 4.69) is 4.98 Å². The number of hydrogen-bond donors (Lipinski definition) is 3. The Morgan fingerprint density at radius 1 is 1.33 bits per heavy atom. The van der Waals surface area contributed by atoms with Crippen molar-refractivity contribution in [2.45, 2.75) is 20.3 Å². The number of nitrogens with zero attached hydrogens (tertiary/aromatic N) is 1. The van der Waals surface area contributed by atoms with Crippen LogP contribution in [0.4, 0.5) is 0 Å². The highest BCUT2D eigenvalue weighted by atomic mass is 16.7. The van der Waals surface area contributed by atoms with Gasteiger partial charge in [0, 0.05) is 23.5 Å². The van der Waals surface area contributed by atoms with Gasteiger partial charge in [0.05, 0.1) is 6.42 Å². The van der Waals surface area contributed by atoms with Crippen molar-refractivity contribution in [1.29, 1.82) is 0 Å². The molecule has 3 N–H and O–H groups in total. The average molecular weight is 250 g/mol. The van der Waals surface area contributed by atoms with Crippen LogP contribution >= 0.6 is 0 Å². The second-order valence-electron chi connectivity index (χ2n) is 4.09. The van der Waals surface area contributed by atoms with Crippen molar-refractivity contribution in [2.24, 2.45) is 0 Å². The van der Waals surface area contributed by atoms with Crippen LogP contribution in [-0.4, -0.2) is 25.9 Å². The van der Waals surface area contributed by atoms with E-state index in [1.54, 1.807) is 0 Å². The topological polar surface area (TPSA) is 87.5 Å². The minimum atomic E-state index is -0.570. The zero-order chi connectivity index (χ0) is 13.3. The normalized spacial score (nSPS) is 10.6. The molecule has 0 saturated carbocycles. The fourth-order valence-corrected chi connectivity index (χ4v) is 1.75. The summed E-state index contributed by atoms with van der Waals surface area (Å²) in [6.07, 6.45) is 0.0627. The molecule has 2 heterocycles. The van der Waals surface area contributed by atoms with E-state index in [0.717, 1.165) is 17.0 Å². The number of aromatic amines is 1. The lowest BCUT2D eigenvalue weighted by Crippen LogP contribution is -2.20. The zero-order valence-electron chi connectivity index (χ0n) is 10.1. The second kappa shape index (κ2) is 4.48. The van der Waals surface area contributed by atoms with E-state index in [0.29, 0.717) is 4.73 Å². The summed E-state index contributed by atoms with van der Waals surface area (Å²) in [6.45, 7) is 3.76. The van der Waals surface area contributed by atoms with Crippen LogP contribution in [0.1, 0.15) is 17.0 Å². The van der Waals surface area contributed by atoms with Crippen LogP contribution in [0.15, 0.2) is 18.2 Å². The molecule has 96 valence electrons. The summed E-state index contributed by atoms with van der Waals surface area (Å²) >= 11 is 0. The maximum Gasteiger partial charge on any atom is 0.337 e. The summed E-state index contributed by atoms with van der Waals surface area (Å²) in [6, 6.07) is 4.31. The first kappa shape index (κ1) is 12.1. The number of hydrogen-bond acceptors (Lipinski definition) is 4. The van der Waals surface area contributed by atoms with Crippen LogP contribution in [0.25, 0.3) is 0 Å². The van der Waals surface area contributed by atoms with Crippen LogP contribution in [0.3, 0.4) is 0 Å². The number of rotatable bonds is 3. The molecule has 2 aromatic rings. The molecule has 2 rings (SSSR count). The van der Waals surface area contributed by atoms with E-state index in [9.17, 15) is 15.0 Å². The van der Waals surface area contributed by atoms with Crippen molar-refractivity contribution < 1.29 is 19.8 Å². The van der Waals surface area contributed by atoms with Gasteiger partial charge in [-0.1, -0.05) is 0 Å². The molecule has 0 aliphatic rings. The molecule has 0 aromatic carbocycles. The van der Waals surface area contributed by atoms with Gasteiger partial charge in [0.2, 0.25) is 11.8 Å². The second-order valence-corrected chi connectivity index (χ2v) is 4.09. The molecule has 0 amide bonds. The van der Waals surface area contributed by atoms with Gasteiger partial charge < -0.3 is 20.0 Å². The lowest BCUT2D eigenvalue weighted by molar-refractivity contribution is -0.144. The van der Waals surface area contributed by atoms with E-state index in [-0.39, 0.29) is 18.2 Å². The fraction of sp³-hybridized carbons (Fsp3) is 0.250. The lowest BCUT2D eigenvalue weighted by atomic mass is 10.2. The quantitative estimate of drug-likeness (QED) is 0.759. The molecule has 0 fully saturated rings. The summed E-state index contributed by atoms with van der Waals surface area (Å²) in [5.41, 5.74) is 2.68. The molecule has 0 atom stereocenters. The maximum absolute atomic E-state index is 11.7. The van der Waals surface area contributed by atoms with Crippen molar-refractivity contribution in [1.82, 2.24) is 9.71 Å². The summed E-state index contributed by atoms with van der Waals surface area (Å²) in [5, 5.41) is 18.6. The van der Waals surface area contributed by atoms with Crippen LogP contribution in [0.2, 0.25) is 0 Å². The lowest BCUT2D eigenvalue weighted by Gasteiger charge is -2.06. The van der Waals surface area contributed by atoms with E-state index >= 15 is 0 Å². The minimum absolute atomic E-state index is 0.0627. The summed E-state index contributed by atoms with van der Waals surface area (Å²) in [4.78, 5) is 19.6. The molecule has 0 unspecified atom stereocenters. The standard InChI is InChI=1S/C12H14N2O4/c1-7-5-9(8(2)13-7)6-12(17)18-14-10(15)3-4-11(14)16/h3-5,13,15-16H,6H2,1-2H3. The number of H-pyrrole nitrogens is 1. The van der Waals surface area contributed by atoms with Crippen molar-refractivity contribution in [3.05, 3.63) is 35.2 Å². The van der Waals surface area contributed by atoms with Gasteiger partial charge in [0.1, 0.15) is 0 Å². The smallest absolute Gasteiger partial charge is 0.337 e. The highest BCUT2D eigenvalue weighted by Gasteiger charge is 2.14. The van der Waals surface area contributed by atoms with Gasteiger partial charge in [-0.15, -0.1) is 4.73 Å². The number of aryl methyl sites for hydroxylation is 2. The first-order valence-electron chi connectivity index (χ1n) is 5.43. The number of carbonyl (C=O) groups excluding carboxylic acids is 1. The maximum atomic E-state index is 11.7. The summed E-state index contributed by atoms with van der Waals surface area (Å²) in [5.74, 6) is -1.23. The molecule has 0 radical (unpaired) electrons. The molecular formula is C12H14N2O4. The first-order valence-corrected chi connectivity index (χ1v) is 5.43. The molecule has 0 spiro atoms. The predicted octanol–water partition coefficient (Wildman–Crippen LogP) is 1.04. The molecule has 0 saturated heterocycles. The van der Waals surface area contributed by atoms with Gasteiger partial charge in [0.15, 0.2) is 0 Å². The van der Waals surface area contributed by atoms with Crippen LogP contribution in [0, 0.1) is 13.8 Å². The van der Waals surface area contributed by atoms with E-state index < -0.39 is 5.97 Å². The highest BCUT2D eigenvalue weighted by molar-refractivity contribution is 5.73. The third-order valence-corrected chi connectivity index (χ3v) is 2.58. The SMILES string of the molecule is Cc1cc(CC(=O)On2c(O)ccc2O)c(C)[nH]1. The monoisotopic (exact) mass is 250 g/mol. The molecular weight excluding hydrogens is 236 g/mol. The molecule has 6 nitrogen and oxygen atoms in total. The Bertz CT molecular complexity index is 563. The van der Waals surface area contributed by atoms with Crippen molar-refractivity contribution in [2.75, 3.05) is 0 Å². The van der Waals surface area contributed by atoms with E-state index in [1.165, 1.54) is 12.1 Å². The van der Waals surface area contributed by atoms with Gasteiger partial charge in [-0.25, -0.2) is 4.79 Å². The summed E-state index contributed by atoms with van der Waals surface area (Å²) < 4.78 is 0.678. The number of nitrogens with one attached hydrogen (secondary N) is 1. The van der Waals surface area contributed by atoms with Gasteiger partial charge in [-0.3, -0.25) is 0 Å². The number of aromatic nitrogens is 2. The van der Waals surface area contributed by atoms with Gasteiger partial charge >= 0.3 is 5.97 Å². The van der Waals surface area contributed by atoms with Crippen molar-refractivity contribution in [3.63, 3.8) is 0 Å².